The van der Waals surface area contributed by atoms with Crippen LogP contribution in [0.2, 0.25) is 0 Å². The van der Waals surface area contributed by atoms with Gasteiger partial charge in [0.15, 0.2) is 5.13 Å². The smallest absolute Gasteiger partial charge is 0.324 e. The first-order chi connectivity index (χ1) is 12.4. The maximum Gasteiger partial charge on any atom is 0.324 e. The lowest BCUT2D eigenvalue weighted by Crippen LogP contribution is -2.44. The van der Waals surface area contributed by atoms with E-state index in [1.807, 2.05) is 32.0 Å². The second-order valence-corrected chi connectivity index (χ2v) is 8.45. The summed E-state index contributed by atoms with van der Waals surface area (Å²) in [5.41, 5.74) is 1.61. The zero-order chi connectivity index (χ0) is 18.3. The van der Waals surface area contributed by atoms with Gasteiger partial charge in [-0.05, 0) is 45.2 Å². The molecule has 6 nitrogen and oxygen atoms in total. The number of methoxy groups -OCH3 is 1. The molecular weight excluding hydrogens is 350 g/mol. The number of anilines is 1. The van der Waals surface area contributed by atoms with E-state index in [0.29, 0.717) is 18.2 Å². The summed E-state index contributed by atoms with van der Waals surface area (Å²) in [4.78, 5) is 20.5. The van der Waals surface area contributed by atoms with E-state index in [-0.39, 0.29) is 6.03 Å². The van der Waals surface area contributed by atoms with Gasteiger partial charge in [-0.3, -0.25) is 5.32 Å². The Bertz CT molecular complexity index is 825. The fourth-order valence-corrected chi connectivity index (χ4v) is 4.54. The van der Waals surface area contributed by atoms with Gasteiger partial charge in [-0.15, -0.1) is 11.3 Å². The van der Waals surface area contributed by atoms with Gasteiger partial charge in [0.25, 0.3) is 0 Å². The van der Waals surface area contributed by atoms with Crippen molar-refractivity contribution in [1.29, 1.82) is 0 Å². The van der Waals surface area contributed by atoms with E-state index in [1.54, 1.807) is 23.3 Å². The van der Waals surface area contributed by atoms with Crippen LogP contribution in [0, 0.1) is 0 Å². The molecule has 1 aliphatic heterocycles. The summed E-state index contributed by atoms with van der Waals surface area (Å²) >= 11 is 1.59. The zero-order valence-corrected chi connectivity index (χ0v) is 16.1. The first-order valence-corrected chi connectivity index (χ1v) is 9.66. The van der Waals surface area contributed by atoms with Gasteiger partial charge in [-0.25, -0.2) is 9.78 Å². The second kappa shape index (κ2) is 6.46. The Labute approximate surface area is 157 Å². The molecule has 2 amide bonds. The highest BCUT2D eigenvalue weighted by Crippen LogP contribution is 2.34. The number of nitrogens with one attached hydrogen (secondary N) is 1. The van der Waals surface area contributed by atoms with Crippen molar-refractivity contribution >= 4 is 22.5 Å². The third-order valence-electron chi connectivity index (χ3n) is 4.69. The maximum atomic E-state index is 12.9. The van der Waals surface area contributed by atoms with Gasteiger partial charge in [0, 0.05) is 16.5 Å². The first-order valence-electron chi connectivity index (χ1n) is 8.84. The topological polar surface area (TPSA) is 63.7 Å². The van der Waals surface area contributed by atoms with Crippen LogP contribution < -0.4 is 14.8 Å². The average Bonchev–Trinajstić information content (AvgIpc) is 3.12. The standard InChI is InChI=1S/C19H23N3O3S/c1-19(2)11-22(10-12-7-8-13(24-3)9-15(12)25-19)18(23)21-17-20-14-5-4-6-16(14)26-17/h7-9H,4-6,10-11H2,1-3H3,(H,20,21,23). The molecule has 1 aromatic heterocycles. The third kappa shape index (κ3) is 3.35. The van der Waals surface area contributed by atoms with E-state index in [2.05, 4.69) is 10.3 Å². The number of amides is 2. The predicted molar refractivity (Wildman–Crippen MR) is 101 cm³/mol. The van der Waals surface area contributed by atoms with Crippen LogP contribution in [0.5, 0.6) is 11.5 Å². The number of urea groups is 1. The molecule has 0 saturated carbocycles. The molecule has 138 valence electrons. The van der Waals surface area contributed by atoms with Gasteiger partial charge in [0.1, 0.15) is 17.1 Å². The molecule has 0 radical (unpaired) electrons. The van der Waals surface area contributed by atoms with E-state index in [9.17, 15) is 4.79 Å². The van der Waals surface area contributed by atoms with Crippen LogP contribution in [0.3, 0.4) is 0 Å². The summed E-state index contributed by atoms with van der Waals surface area (Å²) in [7, 11) is 1.63. The molecular formula is C19H23N3O3S. The quantitative estimate of drug-likeness (QED) is 0.869. The van der Waals surface area contributed by atoms with Crippen molar-refractivity contribution in [3.63, 3.8) is 0 Å². The van der Waals surface area contributed by atoms with Crippen LogP contribution in [0.1, 0.15) is 36.4 Å². The van der Waals surface area contributed by atoms with Gasteiger partial charge in [0.05, 0.1) is 25.9 Å². The zero-order valence-electron chi connectivity index (χ0n) is 15.3. The average molecular weight is 373 g/mol. The molecule has 1 aliphatic carbocycles. The van der Waals surface area contributed by atoms with Crippen LogP contribution in [-0.2, 0) is 19.4 Å². The molecule has 0 bridgehead atoms. The summed E-state index contributed by atoms with van der Waals surface area (Å²) in [6, 6.07) is 5.58. The number of benzene rings is 1. The minimum Gasteiger partial charge on any atom is -0.497 e. The summed E-state index contributed by atoms with van der Waals surface area (Å²) in [6.45, 7) is 4.94. The van der Waals surface area contributed by atoms with Gasteiger partial charge < -0.3 is 14.4 Å². The molecule has 0 unspecified atom stereocenters. The number of ether oxygens (including phenoxy) is 2. The SMILES string of the molecule is COc1ccc2c(c1)OC(C)(C)CN(C(=O)Nc1nc3c(s1)CCC3)C2. The summed E-state index contributed by atoms with van der Waals surface area (Å²) < 4.78 is 11.4. The first kappa shape index (κ1) is 17.1. The molecule has 0 spiro atoms. The number of rotatable bonds is 2. The number of aryl methyl sites for hydroxylation is 2. The van der Waals surface area contributed by atoms with E-state index < -0.39 is 5.60 Å². The van der Waals surface area contributed by atoms with Crippen LogP contribution in [0.25, 0.3) is 0 Å². The highest BCUT2D eigenvalue weighted by atomic mass is 32.1. The Morgan fingerprint density at radius 2 is 2.23 bits per heavy atom. The number of fused-ring (bicyclic) bond motifs is 2. The van der Waals surface area contributed by atoms with E-state index >= 15 is 0 Å². The molecule has 26 heavy (non-hydrogen) atoms. The molecule has 1 N–H and O–H groups in total. The number of hydrogen-bond donors (Lipinski definition) is 1. The molecule has 0 saturated heterocycles. The van der Waals surface area contributed by atoms with Crippen LogP contribution in [0.15, 0.2) is 18.2 Å². The lowest BCUT2D eigenvalue weighted by molar-refractivity contribution is 0.0833. The third-order valence-corrected chi connectivity index (χ3v) is 5.76. The van der Waals surface area contributed by atoms with Crippen molar-refractivity contribution in [1.82, 2.24) is 9.88 Å². The lowest BCUT2D eigenvalue weighted by Gasteiger charge is -2.29. The Kier molecular flexibility index (Phi) is 4.26. The number of aromatic nitrogens is 1. The number of nitrogens with zero attached hydrogens (tertiary/aromatic N) is 2. The molecule has 2 aliphatic rings. The molecule has 2 aromatic rings. The highest BCUT2D eigenvalue weighted by molar-refractivity contribution is 7.15. The van der Waals surface area contributed by atoms with E-state index in [1.165, 1.54) is 11.3 Å². The molecule has 2 heterocycles. The number of carbonyl (C=O) groups excluding carboxylic acids is 1. The summed E-state index contributed by atoms with van der Waals surface area (Å²) in [5, 5.41) is 3.67. The van der Waals surface area contributed by atoms with Gasteiger partial charge in [-0.1, -0.05) is 0 Å². The lowest BCUT2D eigenvalue weighted by atomic mass is 10.1. The van der Waals surface area contributed by atoms with Crippen molar-refractivity contribution < 1.29 is 14.3 Å². The fraction of sp³-hybridized carbons (Fsp3) is 0.474. The molecule has 7 heteroatoms. The number of carbonyl (C=O) groups is 1. The molecule has 4 rings (SSSR count). The maximum absolute atomic E-state index is 12.9. The van der Waals surface area contributed by atoms with Crippen molar-refractivity contribution in [3.8, 4) is 11.5 Å². The van der Waals surface area contributed by atoms with Crippen LogP contribution in [-0.4, -0.2) is 35.2 Å². The summed E-state index contributed by atoms with van der Waals surface area (Å²) in [5.74, 6) is 1.51. The minimum atomic E-state index is -0.500. The monoisotopic (exact) mass is 373 g/mol. The van der Waals surface area contributed by atoms with Crippen molar-refractivity contribution in [2.75, 3.05) is 19.0 Å². The predicted octanol–water partition coefficient (Wildman–Crippen LogP) is 3.85. The van der Waals surface area contributed by atoms with Crippen LogP contribution in [0.4, 0.5) is 9.93 Å². The van der Waals surface area contributed by atoms with E-state index in [4.69, 9.17) is 9.47 Å². The Hall–Kier alpha value is -2.28. The number of hydrogen-bond acceptors (Lipinski definition) is 5. The second-order valence-electron chi connectivity index (χ2n) is 7.36. The molecule has 1 aromatic carbocycles. The molecule has 0 atom stereocenters. The normalized spacial score (nSPS) is 17.7. The number of thiazole rings is 1. The minimum absolute atomic E-state index is 0.141. The Balaban J connectivity index is 1.55. The van der Waals surface area contributed by atoms with Crippen LogP contribution >= 0.6 is 11.3 Å². The van der Waals surface area contributed by atoms with Crippen molar-refractivity contribution in [2.45, 2.75) is 45.3 Å². The molecule has 0 fully saturated rings. The van der Waals surface area contributed by atoms with Crippen molar-refractivity contribution in [2.24, 2.45) is 0 Å². The van der Waals surface area contributed by atoms with Gasteiger partial charge >= 0.3 is 6.03 Å². The van der Waals surface area contributed by atoms with Crippen molar-refractivity contribution in [3.05, 3.63) is 34.3 Å². The highest BCUT2D eigenvalue weighted by Gasteiger charge is 2.32. The fourth-order valence-electron chi connectivity index (χ4n) is 3.50. The van der Waals surface area contributed by atoms with Gasteiger partial charge in [0.2, 0.25) is 0 Å². The largest absolute Gasteiger partial charge is 0.497 e. The Morgan fingerprint density at radius 3 is 3.00 bits per heavy atom. The van der Waals surface area contributed by atoms with Gasteiger partial charge in [-0.2, -0.15) is 0 Å². The Morgan fingerprint density at radius 1 is 1.38 bits per heavy atom. The van der Waals surface area contributed by atoms with E-state index in [0.717, 1.165) is 35.6 Å². The summed E-state index contributed by atoms with van der Waals surface area (Å²) in [6.07, 6.45) is 3.25.